The van der Waals surface area contributed by atoms with Crippen LogP contribution in [-0.2, 0) is 9.47 Å². The molecule has 0 aromatic carbocycles. The first-order chi connectivity index (χ1) is 6.43. The molecule has 0 aliphatic carbocycles. The van der Waals surface area contributed by atoms with Gasteiger partial charge in [0.1, 0.15) is 0 Å². The molecule has 0 radical (unpaired) electrons. The van der Waals surface area contributed by atoms with Gasteiger partial charge >= 0.3 is 0 Å². The van der Waals surface area contributed by atoms with Gasteiger partial charge in [-0.15, -0.1) is 0 Å². The van der Waals surface area contributed by atoms with E-state index in [1.165, 1.54) is 0 Å². The van der Waals surface area contributed by atoms with Gasteiger partial charge in [0, 0.05) is 12.6 Å². The van der Waals surface area contributed by atoms with Crippen LogP contribution in [0.4, 0.5) is 0 Å². The lowest BCUT2D eigenvalue weighted by Gasteiger charge is -2.41. The van der Waals surface area contributed by atoms with Gasteiger partial charge in [-0.25, -0.2) is 0 Å². The van der Waals surface area contributed by atoms with E-state index in [1.807, 2.05) is 13.8 Å². The van der Waals surface area contributed by atoms with Crippen LogP contribution in [0, 0.1) is 0 Å². The lowest BCUT2D eigenvalue weighted by atomic mass is 9.90. The zero-order chi connectivity index (χ0) is 10.8. The molecule has 0 aromatic rings. The fraction of sp³-hybridized carbons (Fsp3) is 1.00. The Labute approximate surface area is 87.2 Å². The van der Waals surface area contributed by atoms with Crippen molar-refractivity contribution in [3.8, 4) is 0 Å². The van der Waals surface area contributed by atoms with Gasteiger partial charge in [-0.3, -0.25) is 0 Å². The third-order valence-electron chi connectivity index (χ3n) is 3.01. The first-order valence-corrected chi connectivity index (χ1v) is 5.49. The summed E-state index contributed by atoms with van der Waals surface area (Å²) in [4.78, 5) is 0. The Hall–Kier alpha value is -0.120. The Kier molecular flexibility index (Phi) is 3.56. The first-order valence-electron chi connectivity index (χ1n) is 5.49. The molecule has 3 nitrogen and oxygen atoms in total. The summed E-state index contributed by atoms with van der Waals surface area (Å²) in [7, 11) is 0. The van der Waals surface area contributed by atoms with E-state index in [2.05, 4.69) is 26.1 Å². The predicted molar refractivity (Wildman–Crippen MR) is 57.3 cm³/mol. The van der Waals surface area contributed by atoms with Crippen molar-refractivity contribution in [2.45, 2.75) is 58.4 Å². The summed E-state index contributed by atoms with van der Waals surface area (Å²) in [6.45, 7) is 12.0. The summed E-state index contributed by atoms with van der Waals surface area (Å²) in [5.74, 6) is -0.480. The second-order valence-electron chi connectivity index (χ2n) is 4.61. The van der Waals surface area contributed by atoms with Crippen molar-refractivity contribution in [3.63, 3.8) is 0 Å². The van der Waals surface area contributed by atoms with E-state index in [4.69, 9.17) is 9.47 Å². The predicted octanol–water partition coefficient (Wildman–Crippen LogP) is 1.92. The van der Waals surface area contributed by atoms with Crippen LogP contribution in [0.3, 0.4) is 0 Å². The highest BCUT2D eigenvalue weighted by atomic mass is 16.7. The lowest BCUT2D eigenvalue weighted by molar-refractivity contribution is -0.226. The maximum atomic E-state index is 5.72. The van der Waals surface area contributed by atoms with Crippen LogP contribution in [0.15, 0.2) is 0 Å². The van der Waals surface area contributed by atoms with Gasteiger partial charge in [-0.1, -0.05) is 13.8 Å². The smallest absolute Gasteiger partial charge is 0.183 e. The van der Waals surface area contributed by atoms with E-state index in [0.29, 0.717) is 12.6 Å². The molecule has 84 valence electrons. The highest BCUT2D eigenvalue weighted by Crippen LogP contribution is 2.36. The lowest BCUT2D eigenvalue weighted by Crippen LogP contribution is -2.59. The molecule has 3 heteroatoms. The molecule has 0 saturated carbocycles. The van der Waals surface area contributed by atoms with Crippen molar-refractivity contribution in [3.05, 3.63) is 0 Å². The molecule has 1 heterocycles. The number of hydrogen-bond donors (Lipinski definition) is 1. The standard InChI is InChI=1S/C11H23NO2/c1-6-13-11(5)10(4,7-8-14-11)12-9(2)3/h9,12H,6-8H2,1-5H3/t10-,11+/m0/s1. The third-order valence-corrected chi connectivity index (χ3v) is 3.01. The van der Waals surface area contributed by atoms with Crippen LogP contribution in [0.5, 0.6) is 0 Å². The van der Waals surface area contributed by atoms with Crippen LogP contribution in [0.25, 0.3) is 0 Å². The molecule has 1 N–H and O–H groups in total. The number of rotatable bonds is 4. The SMILES string of the molecule is CCO[C@]1(C)OCC[C@]1(C)NC(C)C. The average Bonchev–Trinajstić information content (AvgIpc) is 2.27. The topological polar surface area (TPSA) is 30.5 Å². The average molecular weight is 201 g/mol. The molecule has 1 rings (SSSR count). The van der Waals surface area contributed by atoms with Gasteiger partial charge in [-0.2, -0.15) is 0 Å². The first kappa shape index (κ1) is 12.0. The zero-order valence-electron chi connectivity index (χ0n) is 10.0. The minimum absolute atomic E-state index is 0.0722. The van der Waals surface area contributed by atoms with Gasteiger partial charge < -0.3 is 14.8 Å². The van der Waals surface area contributed by atoms with Crippen molar-refractivity contribution in [2.24, 2.45) is 0 Å². The Balaban J connectivity index is 2.74. The van der Waals surface area contributed by atoms with Crippen LogP contribution in [0.1, 0.15) is 41.0 Å². The molecule has 1 saturated heterocycles. The molecule has 1 aliphatic heterocycles. The maximum Gasteiger partial charge on any atom is 0.183 e. The van der Waals surface area contributed by atoms with Crippen molar-refractivity contribution in [2.75, 3.05) is 13.2 Å². The van der Waals surface area contributed by atoms with Crippen LogP contribution in [-0.4, -0.2) is 30.6 Å². The second-order valence-corrected chi connectivity index (χ2v) is 4.61. The maximum absolute atomic E-state index is 5.72. The molecule has 0 amide bonds. The summed E-state index contributed by atoms with van der Waals surface area (Å²) in [6.07, 6.45) is 1.00. The van der Waals surface area contributed by atoms with Gasteiger partial charge in [0.25, 0.3) is 0 Å². The summed E-state index contributed by atoms with van der Waals surface area (Å²) in [6, 6.07) is 0.446. The van der Waals surface area contributed by atoms with Gasteiger partial charge in [0.05, 0.1) is 12.1 Å². The van der Waals surface area contributed by atoms with Crippen molar-refractivity contribution < 1.29 is 9.47 Å². The molecular weight excluding hydrogens is 178 g/mol. The molecule has 0 bridgehead atoms. The van der Waals surface area contributed by atoms with E-state index < -0.39 is 5.79 Å². The van der Waals surface area contributed by atoms with E-state index in [-0.39, 0.29) is 5.54 Å². The number of hydrogen-bond acceptors (Lipinski definition) is 3. The summed E-state index contributed by atoms with van der Waals surface area (Å²) >= 11 is 0. The molecule has 14 heavy (non-hydrogen) atoms. The Morgan fingerprint density at radius 2 is 2.07 bits per heavy atom. The molecule has 0 aromatic heterocycles. The van der Waals surface area contributed by atoms with Gasteiger partial charge in [-0.05, 0) is 27.2 Å². The van der Waals surface area contributed by atoms with Crippen molar-refractivity contribution in [1.29, 1.82) is 0 Å². The van der Waals surface area contributed by atoms with Gasteiger partial charge in [0.2, 0.25) is 0 Å². The quantitative estimate of drug-likeness (QED) is 0.753. The van der Waals surface area contributed by atoms with Crippen LogP contribution >= 0.6 is 0 Å². The number of ether oxygens (including phenoxy) is 2. The monoisotopic (exact) mass is 201 g/mol. The van der Waals surface area contributed by atoms with Crippen LogP contribution < -0.4 is 5.32 Å². The zero-order valence-corrected chi connectivity index (χ0v) is 10.0. The second kappa shape index (κ2) is 4.17. The Morgan fingerprint density at radius 3 is 2.57 bits per heavy atom. The summed E-state index contributed by atoms with van der Waals surface area (Å²) in [5.41, 5.74) is -0.0722. The largest absolute Gasteiger partial charge is 0.349 e. The normalized spacial score (nSPS) is 38.1. The van der Waals surface area contributed by atoms with Crippen molar-refractivity contribution >= 4 is 0 Å². The highest BCUT2D eigenvalue weighted by molar-refractivity contribution is 5.00. The third kappa shape index (κ3) is 2.10. The fourth-order valence-electron chi connectivity index (χ4n) is 2.15. The summed E-state index contributed by atoms with van der Waals surface area (Å²) in [5, 5.41) is 3.54. The highest BCUT2D eigenvalue weighted by Gasteiger charge is 2.51. The molecular formula is C11H23NO2. The molecule has 1 fully saturated rings. The van der Waals surface area contributed by atoms with E-state index in [1.54, 1.807) is 0 Å². The summed E-state index contributed by atoms with van der Waals surface area (Å²) < 4.78 is 11.4. The fourth-order valence-corrected chi connectivity index (χ4v) is 2.15. The molecule has 0 spiro atoms. The molecule has 1 aliphatic rings. The minimum atomic E-state index is -0.480. The molecule has 0 unspecified atom stereocenters. The number of nitrogens with one attached hydrogen (secondary N) is 1. The minimum Gasteiger partial charge on any atom is -0.349 e. The molecule has 2 atom stereocenters. The Bertz CT molecular complexity index is 196. The van der Waals surface area contributed by atoms with E-state index >= 15 is 0 Å². The van der Waals surface area contributed by atoms with E-state index in [0.717, 1.165) is 13.0 Å². The van der Waals surface area contributed by atoms with Gasteiger partial charge in [0.15, 0.2) is 5.79 Å². The van der Waals surface area contributed by atoms with E-state index in [9.17, 15) is 0 Å². The Morgan fingerprint density at radius 1 is 1.43 bits per heavy atom. The van der Waals surface area contributed by atoms with Crippen molar-refractivity contribution in [1.82, 2.24) is 5.32 Å². The van der Waals surface area contributed by atoms with Crippen LogP contribution in [0.2, 0.25) is 0 Å².